The van der Waals surface area contributed by atoms with Gasteiger partial charge in [-0.3, -0.25) is 9.69 Å². The number of carbonyl (C=O) groups excluding carboxylic acids is 1. The number of anilines is 1. The molecule has 2 unspecified atom stereocenters. The van der Waals surface area contributed by atoms with E-state index in [1.165, 1.54) is 6.42 Å². The molecule has 0 aliphatic carbocycles. The smallest absolute Gasteiger partial charge is 0.238 e. The number of halogens is 1. The molecule has 1 aromatic carbocycles. The van der Waals surface area contributed by atoms with Gasteiger partial charge in [0.15, 0.2) is 0 Å². The zero-order valence-corrected chi connectivity index (χ0v) is 14.2. The minimum atomic E-state index is 0. The Bertz CT molecular complexity index is 514. The van der Waals surface area contributed by atoms with E-state index >= 15 is 0 Å². The first-order valence-electron chi connectivity index (χ1n) is 7.92. The van der Waals surface area contributed by atoms with E-state index in [4.69, 9.17) is 0 Å². The zero-order chi connectivity index (χ0) is 14.8. The number of amides is 1. The molecule has 0 bridgehead atoms. The van der Waals surface area contributed by atoms with Crippen LogP contribution in [0.5, 0.6) is 0 Å². The van der Waals surface area contributed by atoms with E-state index in [0.29, 0.717) is 6.54 Å². The number of piperidine rings is 1. The number of rotatable bonds is 3. The lowest BCUT2D eigenvalue weighted by atomic mass is 9.89. The summed E-state index contributed by atoms with van der Waals surface area (Å²) in [7, 11) is 0. The molecule has 4 nitrogen and oxygen atoms in total. The Balaban J connectivity index is 0.00000176. The second-order valence-electron chi connectivity index (χ2n) is 6.52. The normalized spacial score (nSPS) is 24.5. The molecule has 1 aromatic rings. The summed E-state index contributed by atoms with van der Waals surface area (Å²) in [5, 5.41) is 6.55. The Morgan fingerprint density at radius 3 is 2.68 bits per heavy atom. The number of nitrogens with zero attached hydrogens (tertiary/aromatic N) is 1. The van der Waals surface area contributed by atoms with Crippen LogP contribution in [0.4, 0.5) is 5.69 Å². The molecule has 2 aliphatic heterocycles. The second kappa shape index (κ2) is 7.44. The minimum absolute atomic E-state index is 0. The summed E-state index contributed by atoms with van der Waals surface area (Å²) in [5.74, 6) is 1.66. The maximum Gasteiger partial charge on any atom is 0.238 e. The molecule has 2 saturated heterocycles. The fourth-order valence-corrected chi connectivity index (χ4v) is 3.65. The van der Waals surface area contributed by atoms with Gasteiger partial charge in [0.1, 0.15) is 0 Å². The molecule has 2 aliphatic rings. The van der Waals surface area contributed by atoms with Crippen molar-refractivity contribution >= 4 is 24.0 Å². The molecule has 0 aromatic heterocycles. The minimum Gasteiger partial charge on any atom is -0.324 e. The quantitative estimate of drug-likeness (QED) is 0.896. The van der Waals surface area contributed by atoms with Crippen LogP contribution >= 0.6 is 12.4 Å². The van der Waals surface area contributed by atoms with Gasteiger partial charge in [0.05, 0.1) is 6.54 Å². The Hall–Kier alpha value is -1.10. The van der Waals surface area contributed by atoms with Crippen LogP contribution in [-0.2, 0) is 4.79 Å². The summed E-state index contributed by atoms with van der Waals surface area (Å²) in [6.07, 6.45) is 1.22. The first-order chi connectivity index (χ1) is 10.1. The van der Waals surface area contributed by atoms with E-state index in [9.17, 15) is 4.79 Å². The Morgan fingerprint density at radius 2 is 1.95 bits per heavy atom. The summed E-state index contributed by atoms with van der Waals surface area (Å²) < 4.78 is 0. The van der Waals surface area contributed by atoms with Gasteiger partial charge in [-0.15, -0.1) is 12.4 Å². The third-order valence-corrected chi connectivity index (χ3v) is 4.90. The van der Waals surface area contributed by atoms with Crippen LogP contribution in [0.25, 0.3) is 0 Å². The van der Waals surface area contributed by atoms with Crippen LogP contribution in [0, 0.1) is 25.7 Å². The van der Waals surface area contributed by atoms with E-state index in [-0.39, 0.29) is 18.3 Å². The molecule has 1 amide bonds. The number of carbonyl (C=O) groups is 1. The van der Waals surface area contributed by atoms with Crippen molar-refractivity contribution < 1.29 is 4.79 Å². The fourth-order valence-electron chi connectivity index (χ4n) is 3.65. The van der Waals surface area contributed by atoms with Gasteiger partial charge in [0, 0.05) is 12.2 Å². The van der Waals surface area contributed by atoms with E-state index < -0.39 is 0 Å². The molecule has 0 spiro atoms. The first kappa shape index (κ1) is 17.3. The maximum absolute atomic E-state index is 12.3. The van der Waals surface area contributed by atoms with Gasteiger partial charge in [-0.1, -0.05) is 18.2 Å². The number of aryl methyl sites for hydroxylation is 2. The maximum atomic E-state index is 12.3. The highest BCUT2D eigenvalue weighted by molar-refractivity contribution is 5.93. The van der Waals surface area contributed by atoms with Gasteiger partial charge >= 0.3 is 0 Å². The largest absolute Gasteiger partial charge is 0.324 e. The lowest BCUT2D eigenvalue weighted by Crippen LogP contribution is -2.43. The third kappa shape index (κ3) is 3.80. The van der Waals surface area contributed by atoms with Crippen LogP contribution in [0.1, 0.15) is 17.5 Å². The molecule has 0 saturated carbocycles. The summed E-state index contributed by atoms with van der Waals surface area (Å²) >= 11 is 0. The lowest BCUT2D eigenvalue weighted by Gasteiger charge is -2.33. The molecule has 2 heterocycles. The van der Waals surface area contributed by atoms with Crippen molar-refractivity contribution in [2.45, 2.75) is 20.3 Å². The number of likely N-dealkylation sites (tertiary alicyclic amines) is 1. The molecule has 0 radical (unpaired) electrons. The third-order valence-electron chi connectivity index (χ3n) is 4.90. The number of para-hydroxylation sites is 1. The number of nitrogens with one attached hydrogen (secondary N) is 2. The van der Waals surface area contributed by atoms with E-state index in [0.717, 1.165) is 54.8 Å². The summed E-state index contributed by atoms with van der Waals surface area (Å²) in [5.41, 5.74) is 3.23. The van der Waals surface area contributed by atoms with Crippen molar-refractivity contribution in [1.29, 1.82) is 0 Å². The predicted octanol–water partition coefficient (Wildman–Crippen LogP) is 2.21. The second-order valence-corrected chi connectivity index (χ2v) is 6.52. The molecule has 3 rings (SSSR count). The van der Waals surface area contributed by atoms with Gasteiger partial charge < -0.3 is 10.6 Å². The molecular formula is C17H26ClN3O. The van der Waals surface area contributed by atoms with Crippen molar-refractivity contribution in [2.75, 3.05) is 38.0 Å². The topological polar surface area (TPSA) is 44.4 Å². The highest BCUT2D eigenvalue weighted by atomic mass is 35.5. The highest BCUT2D eigenvalue weighted by Crippen LogP contribution is 2.26. The summed E-state index contributed by atoms with van der Waals surface area (Å²) in [4.78, 5) is 14.6. The van der Waals surface area contributed by atoms with Gasteiger partial charge in [0.25, 0.3) is 0 Å². The molecule has 2 atom stereocenters. The number of hydrogen-bond acceptors (Lipinski definition) is 3. The van der Waals surface area contributed by atoms with E-state index in [1.54, 1.807) is 0 Å². The lowest BCUT2D eigenvalue weighted by molar-refractivity contribution is -0.117. The molecule has 22 heavy (non-hydrogen) atoms. The number of benzene rings is 1. The van der Waals surface area contributed by atoms with Gasteiger partial charge in [-0.2, -0.15) is 0 Å². The van der Waals surface area contributed by atoms with Crippen LogP contribution in [0.3, 0.4) is 0 Å². The van der Waals surface area contributed by atoms with Crippen molar-refractivity contribution in [3.05, 3.63) is 29.3 Å². The average Bonchev–Trinajstić information content (AvgIpc) is 2.90. The average molecular weight is 324 g/mol. The fraction of sp³-hybridized carbons (Fsp3) is 0.588. The van der Waals surface area contributed by atoms with E-state index in [2.05, 4.69) is 15.5 Å². The summed E-state index contributed by atoms with van der Waals surface area (Å²) in [6.45, 7) is 8.96. The number of hydrogen-bond donors (Lipinski definition) is 2. The van der Waals surface area contributed by atoms with Crippen molar-refractivity contribution in [3.63, 3.8) is 0 Å². The van der Waals surface area contributed by atoms with Crippen LogP contribution in [0.15, 0.2) is 18.2 Å². The van der Waals surface area contributed by atoms with Gasteiger partial charge in [0.2, 0.25) is 5.91 Å². The number of fused-ring (bicyclic) bond motifs is 1. The molecular weight excluding hydrogens is 298 g/mol. The first-order valence-corrected chi connectivity index (χ1v) is 7.92. The van der Waals surface area contributed by atoms with E-state index in [1.807, 2.05) is 32.0 Å². The predicted molar refractivity (Wildman–Crippen MR) is 92.7 cm³/mol. The monoisotopic (exact) mass is 323 g/mol. The summed E-state index contributed by atoms with van der Waals surface area (Å²) in [6, 6.07) is 6.11. The van der Waals surface area contributed by atoms with Gasteiger partial charge in [-0.05, 0) is 62.9 Å². The molecule has 2 N–H and O–H groups in total. The highest BCUT2D eigenvalue weighted by Gasteiger charge is 2.33. The van der Waals surface area contributed by atoms with Crippen molar-refractivity contribution in [2.24, 2.45) is 11.8 Å². The molecule has 5 heteroatoms. The van der Waals surface area contributed by atoms with Crippen LogP contribution in [0.2, 0.25) is 0 Å². The molecule has 122 valence electrons. The van der Waals surface area contributed by atoms with Crippen LogP contribution in [-0.4, -0.2) is 43.5 Å². The standard InChI is InChI=1S/C17H25N3O.ClH/c1-12-4-3-5-13(2)17(12)19-16(21)11-20-7-6-14-8-18-9-15(14)10-20;/h3-5,14-15,18H,6-11H2,1-2H3,(H,19,21);1H. The Labute approximate surface area is 139 Å². The Morgan fingerprint density at radius 1 is 1.27 bits per heavy atom. The van der Waals surface area contributed by atoms with Gasteiger partial charge in [-0.25, -0.2) is 0 Å². The molecule has 2 fully saturated rings. The Kier molecular flexibility index (Phi) is 5.84. The van der Waals surface area contributed by atoms with Crippen molar-refractivity contribution in [1.82, 2.24) is 10.2 Å². The van der Waals surface area contributed by atoms with Crippen LogP contribution < -0.4 is 10.6 Å². The SMILES string of the molecule is Cc1cccc(C)c1NC(=O)CN1CCC2CNCC2C1.Cl. The zero-order valence-electron chi connectivity index (χ0n) is 13.4. The van der Waals surface area contributed by atoms with Crippen molar-refractivity contribution in [3.8, 4) is 0 Å².